The molecular weight excluding hydrogens is 298 g/mol. The molecule has 23 heavy (non-hydrogen) atoms. The SMILES string of the molecule is O=C(O)c1c2c(cn(Cc3nnc4n3CCC4)c1=O)CNCC2. The first-order chi connectivity index (χ1) is 11.1. The summed E-state index contributed by atoms with van der Waals surface area (Å²) in [6.45, 7) is 2.37. The average Bonchev–Trinajstić information content (AvgIpc) is 3.12. The molecule has 2 aromatic rings. The maximum atomic E-state index is 12.6. The predicted molar refractivity (Wildman–Crippen MR) is 80.5 cm³/mol. The number of aromatic nitrogens is 4. The van der Waals surface area contributed by atoms with Gasteiger partial charge in [0.05, 0.1) is 6.54 Å². The summed E-state index contributed by atoms with van der Waals surface area (Å²) in [5, 5.41) is 21.0. The Morgan fingerprint density at radius 1 is 1.35 bits per heavy atom. The van der Waals surface area contributed by atoms with Gasteiger partial charge in [-0.3, -0.25) is 4.79 Å². The second kappa shape index (κ2) is 5.31. The van der Waals surface area contributed by atoms with Gasteiger partial charge in [0.1, 0.15) is 11.4 Å². The van der Waals surface area contributed by atoms with Gasteiger partial charge in [-0.1, -0.05) is 0 Å². The maximum Gasteiger partial charge on any atom is 0.341 e. The third-order valence-corrected chi connectivity index (χ3v) is 4.55. The second-order valence-corrected chi connectivity index (χ2v) is 5.96. The van der Waals surface area contributed by atoms with Gasteiger partial charge in [0.15, 0.2) is 5.82 Å². The fourth-order valence-corrected chi connectivity index (χ4v) is 3.45. The van der Waals surface area contributed by atoms with E-state index in [1.807, 2.05) is 4.57 Å². The largest absolute Gasteiger partial charge is 0.477 e. The molecule has 2 aliphatic rings. The zero-order chi connectivity index (χ0) is 16.0. The highest BCUT2D eigenvalue weighted by molar-refractivity contribution is 5.89. The van der Waals surface area contributed by atoms with E-state index < -0.39 is 11.5 Å². The lowest BCUT2D eigenvalue weighted by Crippen LogP contribution is -2.35. The number of nitrogens with one attached hydrogen (secondary N) is 1. The molecule has 0 saturated heterocycles. The number of rotatable bonds is 3. The van der Waals surface area contributed by atoms with Crippen molar-refractivity contribution in [2.75, 3.05) is 6.54 Å². The molecule has 8 heteroatoms. The van der Waals surface area contributed by atoms with E-state index in [2.05, 4.69) is 15.5 Å². The zero-order valence-corrected chi connectivity index (χ0v) is 12.6. The summed E-state index contributed by atoms with van der Waals surface area (Å²) >= 11 is 0. The number of nitrogens with zero attached hydrogens (tertiary/aromatic N) is 4. The monoisotopic (exact) mass is 315 g/mol. The maximum absolute atomic E-state index is 12.6. The van der Waals surface area contributed by atoms with E-state index in [0.29, 0.717) is 30.9 Å². The number of hydrogen-bond donors (Lipinski definition) is 2. The van der Waals surface area contributed by atoms with Crippen LogP contribution in [0, 0.1) is 0 Å². The van der Waals surface area contributed by atoms with Crippen molar-refractivity contribution in [1.29, 1.82) is 0 Å². The molecule has 0 amide bonds. The Labute approximate surface area is 131 Å². The first kappa shape index (κ1) is 14.1. The van der Waals surface area contributed by atoms with Crippen LogP contribution in [0.1, 0.15) is 39.6 Å². The molecule has 0 aliphatic carbocycles. The van der Waals surface area contributed by atoms with Crippen LogP contribution in [0.15, 0.2) is 11.0 Å². The molecule has 0 atom stereocenters. The van der Waals surface area contributed by atoms with E-state index in [4.69, 9.17) is 0 Å². The van der Waals surface area contributed by atoms with Crippen LogP contribution in [0.25, 0.3) is 0 Å². The fourth-order valence-electron chi connectivity index (χ4n) is 3.45. The summed E-state index contributed by atoms with van der Waals surface area (Å²) in [6, 6.07) is 0. The van der Waals surface area contributed by atoms with E-state index in [0.717, 1.165) is 30.8 Å². The number of hydrogen-bond acceptors (Lipinski definition) is 5. The molecule has 0 spiro atoms. The van der Waals surface area contributed by atoms with Crippen molar-refractivity contribution in [3.63, 3.8) is 0 Å². The predicted octanol–water partition coefficient (Wildman–Crippen LogP) is -0.222. The molecule has 2 aliphatic heterocycles. The Hall–Kier alpha value is -2.48. The molecule has 0 aromatic carbocycles. The molecule has 4 rings (SSSR count). The van der Waals surface area contributed by atoms with Crippen molar-refractivity contribution in [2.45, 2.75) is 38.9 Å². The van der Waals surface area contributed by atoms with Gasteiger partial charge in [0, 0.05) is 25.7 Å². The Bertz CT molecular complexity index is 852. The smallest absolute Gasteiger partial charge is 0.341 e. The molecule has 0 fully saturated rings. The van der Waals surface area contributed by atoms with Gasteiger partial charge < -0.3 is 19.6 Å². The van der Waals surface area contributed by atoms with Crippen LogP contribution < -0.4 is 10.9 Å². The Morgan fingerprint density at radius 2 is 2.22 bits per heavy atom. The minimum atomic E-state index is -1.16. The molecule has 120 valence electrons. The standard InChI is InChI=1S/C15H17N5O3/c21-14-13(15(22)23)10-3-4-16-6-9(10)7-19(14)8-12-18-17-11-2-1-5-20(11)12/h7,16H,1-6,8H2,(H,22,23). The zero-order valence-electron chi connectivity index (χ0n) is 12.6. The van der Waals surface area contributed by atoms with Crippen molar-refractivity contribution in [2.24, 2.45) is 0 Å². The van der Waals surface area contributed by atoms with E-state index in [9.17, 15) is 14.7 Å². The van der Waals surface area contributed by atoms with E-state index >= 15 is 0 Å². The number of carboxylic acid groups (broad SMARTS) is 1. The van der Waals surface area contributed by atoms with Crippen molar-refractivity contribution in [3.8, 4) is 0 Å². The summed E-state index contributed by atoms with van der Waals surface area (Å²) in [7, 11) is 0. The number of fused-ring (bicyclic) bond motifs is 2. The van der Waals surface area contributed by atoms with E-state index in [1.54, 1.807) is 6.20 Å². The molecule has 4 heterocycles. The van der Waals surface area contributed by atoms with Crippen molar-refractivity contribution < 1.29 is 9.90 Å². The van der Waals surface area contributed by atoms with Gasteiger partial charge in [-0.25, -0.2) is 4.79 Å². The van der Waals surface area contributed by atoms with Crippen LogP contribution in [0.3, 0.4) is 0 Å². The Balaban J connectivity index is 1.81. The van der Waals surface area contributed by atoms with Crippen LogP contribution in [0.2, 0.25) is 0 Å². The number of aryl methyl sites for hydroxylation is 1. The summed E-state index contributed by atoms with van der Waals surface area (Å²) < 4.78 is 3.47. The van der Waals surface area contributed by atoms with Gasteiger partial charge in [0.2, 0.25) is 0 Å². The highest BCUT2D eigenvalue weighted by Gasteiger charge is 2.24. The molecule has 0 radical (unpaired) electrons. The van der Waals surface area contributed by atoms with Crippen LogP contribution in [0.4, 0.5) is 0 Å². The highest BCUT2D eigenvalue weighted by atomic mass is 16.4. The van der Waals surface area contributed by atoms with Crippen LogP contribution in [-0.2, 0) is 32.5 Å². The van der Waals surface area contributed by atoms with Gasteiger partial charge in [-0.05, 0) is 30.5 Å². The van der Waals surface area contributed by atoms with Gasteiger partial charge in [0.25, 0.3) is 5.56 Å². The minimum absolute atomic E-state index is 0.106. The summed E-state index contributed by atoms with van der Waals surface area (Å²) in [5.74, 6) is 0.486. The minimum Gasteiger partial charge on any atom is -0.477 e. The highest BCUT2D eigenvalue weighted by Crippen LogP contribution is 2.18. The van der Waals surface area contributed by atoms with Crippen LogP contribution in [0.5, 0.6) is 0 Å². The molecule has 8 nitrogen and oxygen atoms in total. The number of pyridine rings is 1. The van der Waals surface area contributed by atoms with Gasteiger partial charge in [-0.15, -0.1) is 10.2 Å². The molecule has 0 unspecified atom stereocenters. The molecular formula is C15H17N5O3. The summed E-state index contributed by atoms with van der Waals surface area (Å²) in [5.41, 5.74) is 0.956. The van der Waals surface area contributed by atoms with Gasteiger partial charge >= 0.3 is 5.97 Å². The second-order valence-electron chi connectivity index (χ2n) is 5.96. The summed E-state index contributed by atoms with van der Waals surface area (Å²) in [4.78, 5) is 24.2. The lowest BCUT2D eigenvalue weighted by molar-refractivity contribution is 0.0692. The third-order valence-electron chi connectivity index (χ3n) is 4.55. The van der Waals surface area contributed by atoms with Crippen LogP contribution in [-0.4, -0.2) is 37.0 Å². The average molecular weight is 315 g/mol. The van der Waals surface area contributed by atoms with Crippen LogP contribution >= 0.6 is 0 Å². The Kier molecular flexibility index (Phi) is 3.26. The quantitative estimate of drug-likeness (QED) is 0.812. The van der Waals surface area contributed by atoms with E-state index in [-0.39, 0.29) is 12.1 Å². The van der Waals surface area contributed by atoms with Crippen molar-refractivity contribution in [3.05, 3.63) is 44.9 Å². The first-order valence-corrected chi connectivity index (χ1v) is 7.75. The lowest BCUT2D eigenvalue weighted by atomic mass is 9.98. The number of carboxylic acids is 1. The van der Waals surface area contributed by atoms with Crippen molar-refractivity contribution in [1.82, 2.24) is 24.6 Å². The third kappa shape index (κ3) is 2.26. The molecule has 0 bridgehead atoms. The lowest BCUT2D eigenvalue weighted by Gasteiger charge is -2.20. The van der Waals surface area contributed by atoms with E-state index in [1.165, 1.54) is 4.57 Å². The molecule has 2 N–H and O–H groups in total. The summed E-state index contributed by atoms with van der Waals surface area (Å²) in [6.07, 6.45) is 4.25. The van der Waals surface area contributed by atoms with Crippen molar-refractivity contribution >= 4 is 5.97 Å². The normalized spacial score (nSPS) is 16.2. The fraction of sp³-hybridized carbons (Fsp3) is 0.467. The molecule has 0 saturated carbocycles. The first-order valence-electron chi connectivity index (χ1n) is 7.75. The number of aromatic carboxylic acids is 1. The van der Waals surface area contributed by atoms with Gasteiger partial charge in [-0.2, -0.15) is 0 Å². The Morgan fingerprint density at radius 3 is 3.04 bits per heavy atom. The molecule has 2 aromatic heterocycles. The number of carbonyl (C=O) groups is 1. The topological polar surface area (TPSA) is 102 Å².